The summed E-state index contributed by atoms with van der Waals surface area (Å²) in [5.74, 6) is -0.350. The molecule has 6 heteroatoms. The average molecular weight is 243 g/mol. The van der Waals surface area contributed by atoms with Crippen LogP contribution >= 0.6 is 0 Å². The highest BCUT2D eigenvalue weighted by atomic mass is 16.5. The van der Waals surface area contributed by atoms with Gasteiger partial charge in [0.2, 0.25) is 5.91 Å². The van der Waals surface area contributed by atoms with Gasteiger partial charge >= 0.3 is 5.97 Å². The molecule has 17 heavy (non-hydrogen) atoms. The van der Waals surface area contributed by atoms with Crippen LogP contribution in [-0.4, -0.2) is 62.1 Å². The lowest BCUT2D eigenvalue weighted by Crippen LogP contribution is -2.61. The second kappa shape index (κ2) is 6.56. The van der Waals surface area contributed by atoms with Crippen LogP contribution in [0, 0.1) is 0 Å². The molecule has 0 spiro atoms. The summed E-state index contributed by atoms with van der Waals surface area (Å²) in [6.07, 6.45) is 0. The Hall–Kier alpha value is -1.14. The number of nitrogens with zero attached hydrogens (tertiary/aromatic N) is 1. The molecule has 2 atom stereocenters. The first-order chi connectivity index (χ1) is 8.11. The molecule has 1 aliphatic heterocycles. The molecule has 0 aromatic rings. The summed E-state index contributed by atoms with van der Waals surface area (Å²) >= 11 is 0. The van der Waals surface area contributed by atoms with Crippen LogP contribution in [0.25, 0.3) is 0 Å². The molecule has 2 N–H and O–H groups in total. The predicted octanol–water partition coefficient (Wildman–Crippen LogP) is -1.04. The van der Waals surface area contributed by atoms with Crippen LogP contribution < -0.4 is 10.6 Å². The number of esters is 1. The van der Waals surface area contributed by atoms with Crippen molar-refractivity contribution >= 4 is 11.9 Å². The van der Waals surface area contributed by atoms with E-state index in [1.54, 1.807) is 6.92 Å². The van der Waals surface area contributed by atoms with Crippen molar-refractivity contribution in [3.63, 3.8) is 0 Å². The van der Waals surface area contributed by atoms with Gasteiger partial charge in [-0.3, -0.25) is 14.5 Å². The van der Waals surface area contributed by atoms with E-state index in [-0.39, 0.29) is 17.9 Å². The van der Waals surface area contributed by atoms with Crippen molar-refractivity contribution < 1.29 is 14.3 Å². The third-order valence-electron chi connectivity index (χ3n) is 2.98. The molecule has 0 radical (unpaired) electrons. The minimum Gasteiger partial charge on any atom is -0.468 e. The SMILES string of the molecule is CCNC(=O)C1CNCCN1C(C)C(=O)OC. The molecule has 6 nitrogen and oxygen atoms in total. The molecule has 0 aromatic carbocycles. The quantitative estimate of drug-likeness (QED) is 0.617. The Bertz CT molecular complexity index is 283. The number of piperazine rings is 1. The van der Waals surface area contributed by atoms with Crippen LogP contribution in [0.3, 0.4) is 0 Å². The molecule has 2 unspecified atom stereocenters. The largest absolute Gasteiger partial charge is 0.468 e. The molecular formula is C11H21N3O3. The molecule has 1 heterocycles. The van der Waals surface area contributed by atoms with Crippen LogP contribution in [0.2, 0.25) is 0 Å². The summed E-state index contributed by atoms with van der Waals surface area (Å²) in [4.78, 5) is 25.3. The topological polar surface area (TPSA) is 70.7 Å². The monoisotopic (exact) mass is 243 g/mol. The lowest BCUT2D eigenvalue weighted by molar-refractivity contribution is -0.148. The van der Waals surface area contributed by atoms with Gasteiger partial charge in [0.25, 0.3) is 0 Å². The van der Waals surface area contributed by atoms with E-state index in [9.17, 15) is 9.59 Å². The first-order valence-electron chi connectivity index (χ1n) is 5.93. The molecule has 1 aliphatic rings. The Morgan fingerprint density at radius 2 is 2.29 bits per heavy atom. The normalized spacial score (nSPS) is 22.9. The molecule has 1 amide bonds. The lowest BCUT2D eigenvalue weighted by Gasteiger charge is -2.37. The summed E-state index contributed by atoms with van der Waals surface area (Å²) in [6, 6.07) is -0.701. The maximum Gasteiger partial charge on any atom is 0.322 e. The number of rotatable bonds is 4. The summed E-state index contributed by atoms with van der Waals surface area (Å²) < 4.78 is 4.72. The fraction of sp³-hybridized carbons (Fsp3) is 0.818. The van der Waals surface area contributed by atoms with E-state index in [1.165, 1.54) is 7.11 Å². The van der Waals surface area contributed by atoms with Crippen LogP contribution in [0.1, 0.15) is 13.8 Å². The van der Waals surface area contributed by atoms with Crippen LogP contribution in [0.4, 0.5) is 0 Å². The molecule has 1 fully saturated rings. The average Bonchev–Trinajstić information content (AvgIpc) is 2.37. The minimum absolute atomic E-state index is 0.0459. The summed E-state index contributed by atoms with van der Waals surface area (Å²) in [5.41, 5.74) is 0. The van der Waals surface area contributed by atoms with E-state index in [4.69, 9.17) is 4.74 Å². The number of amides is 1. The van der Waals surface area contributed by atoms with E-state index < -0.39 is 6.04 Å². The van der Waals surface area contributed by atoms with E-state index in [2.05, 4.69) is 10.6 Å². The van der Waals surface area contributed by atoms with Gasteiger partial charge in [-0.25, -0.2) is 0 Å². The van der Waals surface area contributed by atoms with Crippen molar-refractivity contribution in [3.05, 3.63) is 0 Å². The lowest BCUT2D eigenvalue weighted by atomic mass is 10.1. The number of methoxy groups -OCH3 is 1. The first kappa shape index (κ1) is 13.9. The molecular weight excluding hydrogens is 222 g/mol. The maximum atomic E-state index is 11.9. The van der Waals surface area contributed by atoms with Gasteiger partial charge in [0, 0.05) is 26.2 Å². The zero-order valence-electron chi connectivity index (χ0n) is 10.7. The fourth-order valence-corrected chi connectivity index (χ4v) is 2.02. The van der Waals surface area contributed by atoms with Crippen molar-refractivity contribution in [1.29, 1.82) is 0 Å². The van der Waals surface area contributed by atoms with Crippen molar-refractivity contribution in [1.82, 2.24) is 15.5 Å². The molecule has 1 saturated heterocycles. The van der Waals surface area contributed by atoms with Crippen molar-refractivity contribution in [3.8, 4) is 0 Å². The Labute approximate surface area is 102 Å². The van der Waals surface area contributed by atoms with Crippen LogP contribution in [-0.2, 0) is 14.3 Å². The highest BCUT2D eigenvalue weighted by Crippen LogP contribution is 2.10. The van der Waals surface area contributed by atoms with Gasteiger partial charge in [-0.05, 0) is 13.8 Å². The Morgan fingerprint density at radius 1 is 1.59 bits per heavy atom. The fourth-order valence-electron chi connectivity index (χ4n) is 2.02. The zero-order chi connectivity index (χ0) is 12.8. The maximum absolute atomic E-state index is 11.9. The van der Waals surface area contributed by atoms with Gasteiger partial charge in [0.15, 0.2) is 0 Å². The standard InChI is InChI=1S/C11H21N3O3/c1-4-13-10(15)9-7-12-5-6-14(9)8(2)11(16)17-3/h8-9,12H,4-7H2,1-3H3,(H,13,15). The summed E-state index contributed by atoms with van der Waals surface area (Å²) in [7, 11) is 1.36. The van der Waals surface area contributed by atoms with Crippen LogP contribution in [0.5, 0.6) is 0 Å². The minimum atomic E-state index is -0.394. The third-order valence-corrected chi connectivity index (χ3v) is 2.98. The Morgan fingerprint density at radius 3 is 2.88 bits per heavy atom. The molecule has 1 rings (SSSR count). The van der Waals surface area contributed by atoms with Gasteiger partial charge < -0.3 is 15.4 Å². The summed E-state index contributed by atoms with van der Waals surface area (Å²) in [6.45, 7) is 6.24. The van der Waals surface area contributed by atoms with Gasteiger partial charge in [0.1, 0.15) is 12.1 Å². The first-order valence-corrected chi connectivity index (χ1v) is 5.93. The van der Waals surface area contributed by atoms with Crippen molar-refractivity contribution in [2.24, 2.45) is 0 Å². The second-order valence-corrected chi connectivity index (χ2v) is 4.05. The third kappa shape index (κ3) is 3.41. The smallest absolute Gasteiger partial charge is 0.322 e. The van der Waals surface area contributed by atoms with E-state index in [0.29, 0.717) is 19.6 Å². The van der Waals surface area contributed by atoms with Gasteiger partial charge in [0.05, 0.1) is 7.11 Å². The number of hydrogen-bond acceptors (Lipinski definition) is 5. The Kier molecular flexibility index (Phi) is 5.37. The molecule has 0 bridgehead atoms. The van der Waals surface area contributed by atoms with Crippen molar-refractivity contribution in [2.45, 2.75) is 25.9 Å². The van der Waals surface area contributed by atoms with Crippen LogP contribution in [0.15, 0.2) is 0 Å². The number of ether oxygens (including phenoxy) is 1. The number of carbonyl (C=O) groups excluding carboxylic acids is 2. The highest BCUT2D eigenvalue weighted by Gasteiger charge is 2.34. The number of carbonyl (C=O) groups is 2. The van der Waals surface area contributed by atoms with E-state index in [0.717, 1.165) is 6.54 Å². The zero-order valence-corrected chi connectivity index (χ0v) is 10.7. The molecule has 0 saturated carbocycles. The molecule has 0 aliphatic carbocycles. The Balaban J connectivity index is 2.71. The van der Waals surface area contributed by atoms with E-state index in [1.807, 2.05) is 11.8 Å². The number of nitrogens with one attached hydrogen (secondary N) is 2. The van der Waals surface area contributed by atoms with E-state index >= 15 is 0 Å². The highest BCUT2D eigenvalue weighted by molar-refractivity contribution is 5.83. The van der Waals surface area contributed by atoms with Crippen molar-refractivity contribution in [2.75, 3.05) is 33.3 Å². The number of hydrogen-bond donors (Lipinski definition) is 2. The predicted molar refractivity (Wildman–Crippen MR) is 63.5 cm³/mol. The molecule has 0 aromatic heterocycles. The van der Waals surface area contributed by atoms with Gasteiger partial charge in [-0.2, -0.15) is 0 Å². The summed E-state index contributed by atoms with van der Waals surface area (Å²) in [5, 5.41) is 5.95. The number of likely N-dealkylation sites (N-methyl/N-ethyl adjacent to an activating group) is 1. The molecule has 98 valence electrons. The second-order valence-electron chi connectivity index (χ2n) is 4.05. The van der Waals surface area contributed by atoms with Gasteiger partial charge in [-0.1, -0.05) is 0 Å². The van der Waals surface area contributed by atoms with Gasteiger partial charge in [-0.15, -0.1) is 0 Å².